The Morgan fingerprint density at radius 1 is 1.24 bits per heavy atom. The molecular weight excluding hydrogens is 299 g/mol. The number of carbonyl (C=O) groups is 2. The van der Waals surface area contributed by atoms with Crippen molar-refractivity contribution in [2.45, 2.75) is 50.7 Å². The summed E-state index contributed by atoms with van der Waals surface area (Å²) in [5.41, 5.74) is -3.43. The number of ether oxygens (including phenoxy) is 1. The van der Waals surface area contributed by atoms with Gasteiger partial charge in [0.05, 0.1) is 0 Å². The summed E-state index contributed by atoms with van der Waals surface area (Å²) in [6, 6.07) is 0. The van der Waals surface area contributed by atoms with Crippen molar-refractivity contribution in [3.63, 3.8) is 0 Å². The molecule has 1 fully saturated rings. The van der Waals surface area contributed by atoms with Gasteiger partial charge in [-0.05, 0) is 20.8 Å². The molecule has 9 heteroatoms. The van der Waals surface area contributed by atoms with Gasteiger partial charge in [-0.2, -0.15) is 8.78 Å². The van der Waals surface area contributed by atoms with Gasteiger partial charge in [0.15, 0.2) is 0 Å². The van der Waals surface area contributed by atoms with Crippen molar-refractivity contribution >= 4 is 12.1 Å². The maximum absolute atomic E-state index is 13.4. The summed E-state index contributed by atoms with van der Waals surface area (Å²) in [6.07, 6.45) is -1.81. The first kappa shape index (κ1) is 20.6. The summed E-state index contributed by atoms with van der Waals surface area (Å²) in [7, 11) is 0. The van der Waals surface area contributed by atoms with Crippen LogP contribution in [-0.2, 0) is 9.53 Å². The molecule has 0 aromatic rings. The number of rotatable bonds is 2. The summed E-state index contributed by atoms with van der Waals surface area (Å²) in [6.45, 7) is 4.56. The number of aliphatic carboxylic acids is 1. The standard InChI is InChI=1S/C12H19F2NO5.Na/c1-10(2,3)20-9(18)15-6-4-11(19,5-7-15)12(13,14)8(16)17;/h19H,4-7H2,1-3H3,(H,16,17);/q;+1/p-1. The second-order valence-electron chi connectivity index (χ2n) is 5.86. The van der Waals surface area contributed by atoms with Crippen molar-refractivity contribution in [1.82, 2.24) is 4.90 Å². The van der Waals surface area contributed by atoms with E-state index in [4.69, 9.17) is 4.74 Å². The van der Waals surface area contributed by atoms with Gasteiger partial charge in [0.1, 0.15) is 17.2 Å². The molecule has 21 heavy (non-hydrogen) atoms. The molecule has 0 aliphatic carbocycles. The van der Waals surface area contributed by atoms with Crippen molar-refractivity contribution in [3.8, 4) is 0 Å². The average molecular weight is 317 g/mol. The molecule has 0 saturated carbocycles. The molecule has 0 unspecified atom stereocenters. The molecular formula is C12H18F2NNaO5. The van der Waals surface area contributed by atoms with Crippen LogP contribution in [-0.4, -0.2) is 52.3 Å². The van der Waals surface area contributed by atoms with Gasteiger partial charge in [0, 0.05) is 25.9 Å². The molecule has 1 amide bonds. The van der Waals surface area contributed by atoms with E-state index >= 15 is 0 Å². The summed E-state index contributed by atoms with van der Waals surface area (Å²) in [4.78, 5) is 23.3. The molecule has 0 aromatic carbocycles. The van der Waals surface area contributed by atoms with E-state index in [1.165, 1.54) is 0 Å². The van der Waals surface area contributed by atoms with Crippen molar-refractivity contribution in [2.24, 2.45) is 0 Å². The van der Waals surface area contributed by atoms with E-state index in [9.17, 15) is 28.6 Å². The van der Waals surface area contributed by atoms with Crippen LogP contribution in [0.2, 0.25) is 0 Å². The maximum Gasteiger partial charge on any atom is 1.00 e. The van der Waals surface area contributed by atoms with Gasteiger partial charge in [-0.3, -0.25) is 0 Å². The number of carboxylic acids is 1. The van der Waals surface area contributed by atoms with E-state index in [1.807, 2.05) is 0 Å². The predicted molar refractivity (Wildman–Crippen MR) is 61.9 cm³/mol. The fourth-order valence-corrected chi connectivity index (χ4v) is 1.89. The van der Waals surface area contributed by atoms with Gasteiger partial charge in [-0.15, -0.1) is 0 Å². The minimum absolute atomic E-state index is 0. The zero-order chi connectivity index (χ0) is 15.8. The van der Waals surface area contributed by atoms with E-state index in [2.05, 4.69) is 0 Å². The third-order valence-corrected chi connectivity index (χ3v) is 3.08. The normalized spacial score (nSPS) is 18.7. The molecule has 0 atom stereocenters. The maximum atomic E-state index is 13.4. The molecule has 0 radical (unpaired) electrons. The first-order chi connectivity index (χ1) is 8.89. The first-order valence-corrected chi connectivity index (χ1v) is 6.19. The number of nitrogens with zero attached hydrogens (tertiary/aromatic N) is 1. The van der Waals surface area contributed by atoms with Crippen LogP contribution in [0.5, 0.6) is 0 Å². The fourth-order valence-electron chi connectivity index (χ4n) is 1.89. The van der Waals surface area contributed by atoms with Crippen LogP contribution >= 0.6 is 0 Å². The molecule has 1 saturated heterocycles. The quantitative estimate of drug-likeness (QED) is 0.553. The van der Waals surface area contributed by atoms with Gasteiger partial charge < -0.3 is 24.6 Å². The Morgan fingerprint density at radius 3 is 2.00 bits per heavy atom. The van der Waals surface area contributed by atoms with Crippen molar-refractivity contribution in [2.75, 3.05) is 13.1 Å². The smallest absolute Gasteiger partial charge is 0.544 e. The van der Waals surface area contributed by atoms with Gasteiger partial charge in [0.2, 0.25) is 0 Å². The number of hydrogen-bond acceptors (Lipinski definition) is 5. The molecule has 0 bridgehead atoms. The molecule has 6 nitrogen and oxygen atoms in total. The van der Waals surface area contributed by atoms with Gasteiger partial charge >= 0.3 is 41.6 Å². The molecule has 1 aliphatic heterocycles. The number of alkyl halides is 2. The van der Waals surface area contributed by atoms with Crippen LogP contribution in [0.1, 0.15) is 33.6 Å². The Hall–Kier alpha value is -0.440. The van der Waals surface area contributed by atoms with E-state index < -0.39 is 42.0 Å². The summed E-state index contributed by atoms with van der Waals surface area (Å²) in [5, 5.41) is 20.2. The Bertz CT molecular complexity index is 403. The number of piperidine rings is 1. The number of carbonyl (C=O) groups excluding carboxylic acids is 2. The molecule has 1 aliphatic rings. The van der Waals surface area contributed by atoms with Crippen LogP contribution < -0.4 is 34.7 Å². The van der Waals surface area contributed by atoms with Crippen molar-refractivity contribution in [1.29, 1.82) is 0 Å². The first-order valence-electron chi connectivity index (χ1n) is 6.19. The fraction of sp³-hybridized carbons (Fsp3) is 0.833. The Balaban J connectivity index is 0.00000400. The number of carboxylic acid groups (broad SMARTS) is 1. The molecule has 0 aromatic heterocycles. The molecule has 0 spiro atoms. The number of amides is 1. The topological polar surface area (TPSA) is 89.9 Å². The van der Waals surface area contributed by atoms with Crippen LogP contribution in [0.3, 0.4) is 0 Å². The van der Waals surface area contributed by atoms with E-state index in [-0.39, 0.29) is 42.6 Å². The minimum atomic E-state index is -4.35. The van der Waals surface area contributed by atoms with Crippen LogP contribution in [0, 0.1) is 0 Å². The van der Waals surface area contributed by atoms with Crippen LogP contribution in [0.4, 0.5) is 13.6 Å². The monoisotopic (exact) mass is 317 g/mol. The van der Waals surface area contributed by atoms with Gasteiger partial charge in [-0.1, -0.05) is 0 Å². The predicted octanol–water partition coefficient (Wildman–Crippen LogP) is -2.86. The van der Waals surface area contributed by atoms with Crippen molar-refractivity contribution in [3.05, 3.63) is 0 Å². The Labute approximate surface area is 143 Å². The van der Waals surface area contributed by atoms with Gasteiger partial charge in [0.25, 0.3) is 0 Å². The third kappa shape index (κ3) is 4.77. The zero-order valence-electron chi connectivity index (χ0n) is 12.6. The van der Waals surface area contributed by atoms with Crippen LogP contribution in [0.25, 0.3) is 0 Å². The number of halogens is 2. The Kier molecular flexibility index (Phi) is 6.62. The molecule has 1 rings (SSSR count). The third-order valence-electron chi connectivity index (χ3n) is 3.08. The van der Waals surface area contributed by atoms with E-state index in [0.717, 1.165) is 4.90 Å². The minimum Gasteiger partial charge on any atom is -0.544 e. The summed E-state index contributed by atoms with van der Waals surface area (Å²) in [5.74, 6) is -6.97. The number of hydrogen-bond donors (Lipinski definition) is 1. The SMILES string of the molecule is CC(C)(C)OC(=O)N1CCC(O)(C(F)(F)C(=O)[O-])CC1.[Na+]. The summed E-state index contributed by atoms with van der Waals surface area (Å²) >= 11 is 0. The average Bonchev–Trinajstić information content (AvgIpc) is 2.27. The largest absolute Gasteiger partial charge is 1.00 e. The molecule has 116 valence electrons. The van der Waals surface area contributed by atoms with Crippen molar-refractivity contribution < 1.29 is 62.9 Å². The van der Waals surface area contributed by atoms with E-state index in [0.29, 0.717) is 0 Å². The second kappa shape index (κ2) is 6.76. The zero-order valence-corrected chi connectivity index (χ0v) is 14.6. The van der Waals surface area contributed by atoms with E-state index in [1.54, 1.807) is 20.8 Å². The molecule has 1 heterocycles. The number of aliphatic hydroxyl groups is 1. The number of likely N-dealkylation sites (tertiary alicyclic amines) is 1. The van der Waals surface area contributed by atoms with Gasteiger partial charge in [-0.25, -0.2) is 4.79 Å². The summed E-state index contributed by atoms with van der Waals surface area (Å²) < 4.78 is 31.8. The molecule has 1 N–H and O–H groups in total. The van der Waals surface area contributed by atoms with Crippen LogP contribution in [0.15, 0.2) is 0 Å². The Morgan fingerprint density at radius 2 is 1.67 bits per heavy atom. The second-order valence-corrected chi connectivity index (χ2v) is 5.86.